The van der Waals surface area contributed by atoms with Crippen LogP contribution in [0.2, 0.25) is 0 Å². The number of hydrogen-bond donors (Lipinski definition) is 1. The zero-order valence-electron chi connectivity index (χ0n) is 12.2. The molecular weight excluding hydrogens is 214 g/mol. The van der Waals surface area contributed by atoms with Crippen molar-refractivity contribution in [2.24, 2.45) is 0 Å². The molecule has 0 spiro atoms. The van der Waals surface area contributed by atoms with Crippen LogP contribution in [0.3, 0.4) is 0 Å². The van der Waals surface area contributed by atoms with Gasteiger partial charge in [0.05, 0.1) is 6.61 Å². The summed E-state index contributed by atoms with van der Waals surface area (Å²) >= 11 is 0. The van der Waals surface area contributed by atoms with Gasteiger partial charge in [0.1, 0.15) is 0 Å². The van der Waals surface area contributed by atoms with Gasteiger partial charge in [0.15, 0.2) is 0 Å². The Morgan fingerprint density at radius 3 is 2.29 bits per heavy atom. The van der Waals surface area contributed by atoms with Crippen LogP contribution in [-0.4, -0.2) is 76.9 Å². The van der Waals surface area contributed by atoms with Crippen molar-refractivity contribution in [1.29, 1.82) is 0 Å². The smallest absolute Gasteiger partial charge is 0.0593 e. The van der Waals surface area contributed by atoms with E-state index in [9.17, 15) is 0 Å². The highest BCUT2D eigenvalue weighted by Crippen LogP contribution is 1.95. The van der Waals surface area contributed by atoms with Crippen LogP contribution in [-0.2, 0) is 4.74 Å². The molecule has 4 heteroatoms. The molecule has 0 aliphatic rings. The topological polar surface area (TPSA) is 27.7 Å². The van der Waals surface area contributed by atoms with Crippen LogP contribution in [0.5, 0.6) is 0 Å². The normalized spacial score (nSPS) is 11.6. The molecule has 1 N–H and O–H groups in total. The van der Waals surface area contributed by atoms with E-state index in [2.05, 4.69) is 36.1 Å². The van der Waals surface area contributed by atoms with Crippen molar-refractivity contribution in [1.82, 2.24) is 15.1 Å². The lowest BCUT2D eigenvalue weighted by Gasteiger charge is -2.23. The fourth-order valence-corrected chi connectivity index (χ4v) is 1.76. The van der Waals surface area contributed by atoms with Crippen molar-refractivity contribution in [3.63, 3.8) is 0 Å². The predicted octanol–water partition coefficient (Wildman–Crippen LogP) is 0.886. The zero-order chi connectivity index (χ0) is 12.9. The summed E-state index contributed by atoms with van der Waals surface area (Å²) < 4.78 is 5.43. The molecule has 0 radical (unpaired) electrons. The van der Waals surface area contributed by atoms with Crippen LogP contribution in [0.4, 0.5) is 0 Å². The highest BCUT2D eigenvalue weighted by molar-refractivity contribution is 4.60. The van der Waals surface area contributed by atoms with E-state index in [0.717, 1.165) is 32.8 Å². The molecule has 0 aromatic carbocycles. The molecule has 0 bridgehead atoms. The summed E-state index contributed by atoms with van der Waals surface area (Å²) in [5.74, 6) is 0. The number of nitrogens with one attached hydrogen (secondary N) is 1. The Labute approximate surface area is 107 Å². The first-order chi connectivity index (χ1) is 8.20. The SMILES string of the molecule is CCOCCN(CCCNC)CCCN(C)C. The van der Waals surface area contributed by atoms with Crippen LogP contribution in [0.15, 0.2) is 0 Å². The quantitative estimate of drug-likeness (QED) is 0.517. The second-order valence-corrected chi connectivity index (χ2v) is 4.65. The van der Waals surface area contributed by atoms with Crippen LogP contribution in [0, 0.1) is 0 Å². The van der Waals surface area contributed by atoms with Gasteiger partial charge < -0.3 is 19.9 Å². The summed E-state index contributed by atoms with van der Waals surface area (Å²) in [5, 5.41) is 3.20. The van der Waals surface area contributed by atoms with Gasteiger partial charge >= 0.3 is 0 Å². The zero-order valence-corrected chi connectivity index (χ0v) is 12.2. The summed E-state index contributed by atoms with van der Waals surface area (Å²) in [6.07, 6.45) is 2.45. The van der Waals surface area contributed by atoms with Gasteiger partial charge in [0.2, 0.25) is 0 Å². The molecule has 0 amide bonds. The maximum atomic E-state index is 5.43. The molecule has 0 heterocycles. The van der Waals surface area contributed by atoms with E-state index in [1.807, 2.05) is 7.05 Å². The van der Waals surface area contributed by atoms with Crippen LogP contribution in [0.1, 0.15) is 19.8 Å². The summed E-state index contributed by atoms with van der Waals surface area (Å²) in [6, 6.07) is 0. The average Bonchev–Trinajstić information content (AvgIpc) is 2.28. The van der Waals surface area contributed by atoms with Crippen molar-refractivity contribution in [3.05, 3.63) is 0 Å². The van der Waals surface area contributed by atoms with Gasteiger partial charge in [-0.3, -0.25) is 0 Å². The summed E-state index contributed by atoms with van der Waals surface area (Å²) in [4.78, 5) is 4.75. The summed E-state index contributed by atoms with van der Waals surface area (Å²) in [7, 11) is 6.27. The monoisotopic (exact) mass is 245 g/mol. The van der Waals surface area contributed by atoms with Crippen LogP contribution >= 0.6 is 0 Å². The molecular formula is C13H31N3O. The molecule has 104 valence electrons. The van der Waals surface area contributed by atoms with E-state index in [1.54, 1.807) is 0 Å². The van der Waals surface area contributed by atoms with Gasteiger partial charge in [-0.2, -0.15) is 0 Å². The van der Waals surface area contributed by atoms with Crippen molar-refractivity contribution >= 4 is 0 Å². The first kappa shape index (κ1) is 16.8. The molecule has 0 aliphatic carbocycles. The van der Waals surface area contributed by atoms with Crippen LogP contribution in [0.25, 0.3) is 0 Å². The molecule has 0 fully saturated rings. The first-order valence-electron chi connectivity index (χ1n) is 6.80. The minimum atomic E-state index is 0.821. The van der Waals surface area contributed by atoms with E-state index in [1.165, 1.54) is 25.9 Å². The molecule has 0 rings (SSSR count). The number of hydrogen-bond acceptors (Lipinski definition) is 4. The van der Waals surface area contributed by atoms with Crippen molar-refractivity contribution in [2.75, 3.05) is 67.1 Å². The van der Waals surface area contributed by atoms with Crippen LogP contribution < -0.4 is 5.32 Å². The van der Waals surface area contributed by atoms with Crippen molar-refractivity contribution in [2.45, 2.75) is 19.8 Å². The Morgan fingerprint density at radius 1 is 1.00 bits per heavy atom. The van der Waals surface area contributed by atoms with E-state index < -0.39 is 0 Å². The van der Waals surface area contributed by atoms with Gasteiger partial charge in [-0.25, -0.2) is 0 Å². The minimum absolute atomic E-state index is 0.821. The number of nitrogens with zero attached hydrogens (tertiary/aromatic N) is 2. The Kier molecular flexibility index (Phi) is 12.2. The fourth-order valence-electron chi connectivity index (χ4n) is 1.76. The van der Waals surface area contributed by atoms with E-state index >= 15 is 0 Å². The third-order valence-corrected chi connectivity index (χ3v) is 2.74. The largest absolute Gasteiger partial charge is 0.380 e. The maximum Gasteiger partial charge on any atom is 0.0593 e. The molecule has 0 saturated carbocycles. The highest BCUT2D eigenvalue weighted by atomic mass is 16.5. The van der Waals surface area contributed by atoms with E-state index in [4.69, 9.17) is 4.74 Å². The number of rotatable bonds is 12. The van der Waals surface area contributed by atoms with Crippen molar-refractivity contribution in [3.8, 4) is 0 Å². The lowest BCUT2D eigenvalue weighted by Crippen LogP contribution is -2.32. The lowest BCUT2D eigenvalue weighted by atomic mass is 10.3. The average molecular weight is 245 g/mol. The first-order valence-corrected chi connectivity index (χ1v) is 6.80. The lowest BCUT2D eigenvalue weighted by molar-refractivity contribution is 0.111. The molecule has 4 nitrogen and oxygen atoms in total. The molecule has 0 aromatic rings. The molecule has 0 aliphatic heterocycles. The molecule has 0 aromatic heterocycles. The van der Waals surface area contributed by atoms with E-state index in [-0.39, 0.29) is 0 Å². The molecule has 0 atom stereocenters. The Hall–Kier alpha value is -0.160. The van der Waals surface area contributed by atoms with Gasteiger partial charge in [-0.05, 0) is 67.1 Å². The second kappa shape index (κ2) is 12.3. The summed E-state index contributed by atoms with van der Waals surface area (Å²) in [6.45, 7) is 9.40. The van der Waals surface area contributed by atoms with Crippen molar-refractivity contribution < 1.29 is 4.74 Å². The Balaban J connectivity index is 3.67. The third-order valence-electron chi connectivity index (χ3n) is 2.74. The Bertz CT molecular complexity index is 144. The minimum Gasteiger partial charge on any atom is -0.380 e. The third kappa shape index (κ3) is 12.1. The highest BCUT2D eigenvalue weighted by Gasteiger charge is 2.04. The number of ether oxygens (including phenoxy) is 1. The van der Waals surface area contributed by atoms with Gasteiger partial charge in [0, 0.05) is 13.2 Å². The molecule has 0 saturated heterocycles. The second-order valence-electron chi connectivity index (χ2n) is 4.65. The molecule has 17 heavy (non-hydrogen) atoms. The Morgan fingerprint density at radius 2 is 1.71 bits per heavy atom. The van der Waals surface area contributed by atoms with E-state index in [0.29, 0.717) is 0 Å². The fraction of sp³-hybridized carbons (Fsp3) is 1.00. The molecule has 0 unspecified atom stereocenters. The predicted molar refractivity (Wildman–Crippen MR) is 74.6 cm³/mol. The van der Waals surface area contributed by atoms with Gasteiger partial charge in [-0.1, -0.05) is 0 Å². The van der Waals surface area contributed by atoms with Gasteiger partial charge in [0.25, 0.3) is 0 Å². The standard InChI is InChI=1S/C13H31N3O/c1-5-17-13-12-16(10-6-8-14-2)11-7-9-15(3)4/h14H,5-13H2,1-4H3. The summed E-state index contributed by atoms with van der Waals surface area (Å²) in [5.41, 5.74) is 0. The van der Waals surface area contributed by atoms with Gasteiger partial charge in [-0.15, -0.1) is 0 Å². The maximum absolute atomic E-state index is 5.43.